The molecule has 3 rings (SSSR count). The van der Waals surface area contributed by atoms with Gasteiger partial charge in [0.05, 0.1) is 11.2 Å². The van der Waals surface area contributed by atoms with Crippen LogP contribution in [0.1, 0.15) is 32.9 Å². The number of nitrogens with zero attached hydrogens (tertiary/aromatic N) is 2. The quantitative estimate of drug-likeness (QED) is 0.774. The number of primary amides is 1. The minimum atomic E-state index is -0.439. The average Bonchev–Trinajstić information content (AvgIpc) is 2.82. The Bertz CT molecular complexity index is 920. The van der Waals surface area contributed by atoms with E-state index < -0.39 is 5.91 Å². The van der Waals surface area contributed by atoms with Crippen LogP contribution < -0.4 is 11.1 Å². The lowest BCUT2D eigenvalue weighted by Gasteiger charge is -2.13. The molecule has 0 saturated heterocycles. The molecule has 5 nitrogen and oxygen atoms in total. The van der Waals surface area contributed by atoms with E-state index in [1.54, 1.807) is 12.1 Å². The Morgan fingerprint density at radius 3 is 2.50 bits per heavy atom. The van der Waals surface area contributed by atoms with E-state index >= 15 is 0 Å². The van der Waals surface area contributed by atoms with Crippen LogP contribution in [0.2, 0.25) is 0 Å². The van der Waals surface area contributed by atoms with Crippen molar-refractivity contribution >= 4 is 22.6 Å². The average molecular weight is 322 g/mol. The van der Waals surface area contributed by atoms with E-state index in [4.69, 9.17) is 5.73 Å². The van der Waals surface area contributed by atoms with Crippen molar-refractivity contribution in [2.24, 2.45) is 12.8 Å². The zero-order valence-electron chi connectivity index (χ0n) is 14.5. The molecule has 0 saturated carbocycles. The number of benzene rings is 2. The number of rotatable bonds is 4. The predicted octanol–water partition coefficient (Wildman–Crippen LogP) is 3.21. The van der Waals surface area contributed by atoms with Crippen molar-refractivity contribution in [2.75, 3.05) is 5.32 Å². The molecule has 3 N–H and O–H groups in total. The number of anilines is 1. The van der Waals surface area contributed by atoms with E-state index in [2.05, 4.69) is 42.3 Å². The van der Waals surface area contributed by atoms with Gasteiger partial charge in [0, 0.05) is 19.2 Å². The van der Waals surface area contributed by atoms with Gasteiger partial charge in [0.2, 0.25) is 5.91 Å². The summed E-state index contributed by atoms with van der Waals surface area (Å²) in [5.74, 6) is 0.451. The van der Waals surface area contributed by atoms with Crippen molar-refractivity contribution in [1.82, 2.24) is 9.55 Å². The predicted molar refractivity (Wildman–Crippen MR) is 97.2 cm³/mol. The number of hydrogen-bond acceptors (Lipinski definition) is 3. The molecule has 0 aliphatic carbocycles. The van der Waals surface area contributed by atoms with Crippen LogP contribution in [0.25, 0.3) is 11.0 Å². The lowest BCUT2D eigenvalue weighted by molar-refractivity contribution is 0.100. The van der Waals surface area contributed by atoms with Crippen LogP contribution in [0, 0.1) is 20.8 Å². The van der Waals surface area contributed by atoms with Gasteiger partial charge in [-0.2, -0.15) is 0 Å². The van der Waals surface area contributed by atoms with E-state index in [1.807, 2.05) is 18.5 Å². The first-order chi connectivity index (χ1) is 11.4. The molecule has 0 bridgehead atoms. The number of nitrogens with two attached hydrogens (primary N) is 1. The monoisotopic (exact) mass is 322 g/mol. The van der Waals surface area contributed by atoms with Crippen LogP contribution in [0.4, 0.5) is 5.69 Å². The van der Waals surface area contributed by atoms with Crippen LogP contribution in [0.3, 0.4) is 0 Å². The number of aromatic nitrogens is 2. The van der Waals surface area contributed by atoms with E-state index in [9.17, 15) is 4.79 Å². The van der Waals surface area contributed by atoms with Crippen LogP contribution in [0.5, 0.6) is 0 Å². The number of nitrogens with one attached hydrogen (secondary N) is 1. The highest BCUT2D eigenvalue weighted by atomic mass is 16.1. The topological polar surface area (TPSA) is 72.9 Å². The Kier molecular flexibility index (Phi) is 4.01. The molecule has 3 aromatic rings. The molecule has 0 atom stereocenters. The first-order valence-corrected chi connectivity index (χ1v) is 7.94. The third-order valence-corrected chi connectivity index (χ3v) is 4.59. The molecule has 0 aliphatic rings. The summed E-state index contributed by atoms with van der Waals surface area (Å²) in [6.45, 7) is 6.82. The van der Waals surface area contributed by atoms with Crippen LogP contribution in [-0.2, 0) is 13.6 Å². The third-order valence-electron chi connectivity index (χ3n) is 4.59. The first kappa shape index (κ1) is 16.1. The highest BCUT2D eigenvalue weighted by Crippen LogP contribution is 2.26. The third kappa shape index (κ3) is 2.73. The SMILES string of the molecule is Cc1cccc(C)c1CNc1cc(C(N)=O)cc2c1nc(C)n2C. The van der Waals surface area contributed by atoms with Crippen molar-refractivity contribution in [3.8, 4) is 0 Å². The summed E-state index contributed by atoms with van der Waals surface area (Å²) in [7, 11) is 1.94. The maximum atomic E-state index is 11.7. The smallest absolute Gasteiger partial charge is 0.248 e. The largest absolute Gasteiger partial charge is 0.379 e. The number of imidazole rings is 1. The summed E-state index contributed by atoms with van der Waals surface area (Å²) in [6.07, 6.45) is 0. The number of hydrogen-bond donors (Lipinski definition) is 2. The van der Waals surface area contributed by atoms with Gasteiger partial charge in [-0.3, -0.25) is 4.79 Å². The molecule has 0 spiro atoms. The van der Waals surface area contributed by atoms with Gasteiger partial charge >= 0.3 is 0 Å². The second-order valence-electron chi connectivity index (χ2n) is 6.20. The standard InChI is InChI=1S/C19H22N4O/c1-11-6-5-7-12(2)15(11)10-21-16-8-14(19(20)24)9-17-18(16)22-13(3)23(17)4/h5-9,21H,10H2,1-4H3,(H2,20,24). The Morgan fingerprint density at radius 1 is 1.21 bits per heavy atom. The zero-order chi connectivity index (χ0) is 17.4. The van der Waals surface area contributed by atoms with E-state index in [0.29, 0.717) is 12.1 Å². The van der Waals surface area contributed by atoms with Crippen molar-refractivity contribution in [1.29, 1.82) is 0 Å². The number of carbonyl (C=O) groups excluding carboxylic acids is 1. The Hall–Kier alpha value is -2.82. The summed E-state index contributed by atoms with van der Waals surface area (Å²) >= 11 is 0. The van der Waals surface area contributed by atoms with Gasteiger partial charge in [0.15, 0.2) is 0 Å². The molecule has 0 unspecified atom stereocenters. The van der Waals surface area contributed by atoms with E-state index in [-0.39, 0.29) is 0 Å². The maximum absolute atomic E-state index is 11.7. The first-order valence-electron chi connectivity index (χ1n) is 7.94. The summed E-state index contributed by atoms with van der Waals surface area (Å²) < 4.78 is 1.96. The second kappa shape index (κ2) is 6.00. The second-order valence-corrected chi connectivity index (χ2v) is 6.20. The Labute approximate surface area is 141 Å². The van der Waals surface area contributed by atoms with Crippen molar-refractivity contribution < 1.29 is 4.79 Å². The minimum absolute atomic E-state index is 0.439. The van der Waals surface area contributed by atoms with Gasteiger partial charge in [0.25, 0.3) is 0 Å². The normalized spacial score (nSPS) is 11.0. The fourth-order valence-corrected chi connectivity index (χ4v) is 2.99. The number of carbonyl (C=O) groups is 1. The zero-order valence-corrected chi connectivity index (χ0v) is 14.5. The summed E-state index contributed by atoms with van der Waals surface area (Å²) in [5, 5.41) is 3.44. The molecule has 0 fully saturated rings. The van der Waals surface area contributed by atoms with Crippen LogP contribution in [-0.4, -0.2) is 15.5 Å². The van der Waals surface area contributed by atoms with Gasteiger partial charge in [-0.15, -0.1) is 0 Å². The van der Waals surface area contributed by atoms with E-state index in [1.165, 1.54) is 16.7 Å². The Morgan fingerprint density at radius 2 is 1.88 bits per heavy atom. The minimum Gasteiger partial charge on any atom is -0.379 e. The van der Waals surface area contributed by atoms with Gasteiger partial charge in [0.1, 0.15) is 11.3 Å². The van der Waals surface area contributed by atoms with Crippen molar-refractivity contribution in [3.63, 3.8) is 0 Å². The fourth-order valence-electron chi connectivity index (χ4n) is 2.99. The molecular formula is C19H22N4O. The summed E-state index contributed by atoms with van der Waals surface area (Å²) in [5.41, 5.74) is 12.3. The molecule has 0 aliphatic heterocycles. The lowest BCUT2D eigenvalue weighted by Crippen LogP contribution is -2.12. The van der Waals surface area contributed by atoms with Gasteiger partial charge in [-0.25, -0.2) is 4.98 Å². The molecule has 5 heteroatoms. The molecule has 1 heterocycles. The van der Waals surface area contributed by atoms with E-state index in [0.717, 1.165) is 22.5 Å². The van der Waals surface area contributed by atoms with Crippen LogP contribution in [0.15, 0.2) is 30.3 Å². The molecular weight excluding hydrogens is 300 g/mol. The van der Waals surface area contributed by atoms with Gasteiger partial charge in [-0.1, -0.05) is 18.2 Å². The molecule has 24 heavy (non-hydrogen) atoms. The Balaban J connectivity index is 2.05. The number of amides is 1. The summed E-state index contributed by atoms with van der Waals surface area (Å²) in [6, 6.07) is 9.84. The maximum Gasteiger partial charge on any atom is 0.248 e. The molecule has 2 aromatic carbocycles. The fraction of sp³-hybridized carbons (Fsp3) is 0.263. The van der Waals surface area contributed by atoms with Crippen molar-refractivity contribution in [3.05, 3.63) is 58.4 Å². The van der Waals surface area contributed by atoms with Crippen LogP contribution >= 0.6 is 0 Å². The molecule has 124 valence electrons. The van der Waals surface area contributed by atoms with Crippen molar-refractivity contribution in [2.45, 2.75) is 27.3 Å². The molecule has 0 radical (unpaired) electrons. The van der Waals surface area contributed by atoms with Gasteiger partial charge < -0.3 is 15.6 Å². The number of fused-ring (bicyclic) bond motifs is 1. The summed E-state index contributed by atoms with van der Waals surface area (Å²) in [4.78, 5) is 16.3. The van der Waals surface area contributed by atoms with Gasteiger partial charge in [-0.05, 0) is 49.6 Å². The molecule has 1 amide bonds. The molecule has 1 aromatic heterocycles. The number of aryl methyl sites for hydroxylation is 4. The highest BCUT2D eigenvalue weighted by Gasteiger charge is 2.14. The highest BCUT2D eigenvalue weighted by molar-refractivity contribution is 6.00. The lowest BCUT2D eigenvalue weighted by atomic mass is 10.0.